The average molecular weight is 443 g/mol. The SMILES string of the molecule is CC1=CCC[C@H]1NC(=O)Nc1ccc(Cl)c(S(=O)(=O)C(C)(C)[C@@H]2CCOC2)c1O. The van der Waals surface area contributed by atoms with Crippen LogP contribution >= 0.6 is 11.6 Å². The van der Waals surface area contributed by atoms with Gasteiger partial charge in [-0.1, -0.05) is 23.3 Å². The van der Waals surface area contributed by atoms with E-state index >= 15 is 0 Å². The minimum absolute atomic E-state index is 0.0106. The van der Waals surface area contributed by atoms with Gasteiger partial charge >= 0.3 is 6.03 Å². The van der Waals surface area contributed by atoms with Crippen molar-refractivity contribution in [3.05, 3.63) is 28.8 Å². The number of ether oxygens (including phenoxy) is 1. The lowest BCUT2D eigenvalue weighted by Crippen LogP contribution is -2.40. The van der Waals surface area contributed by atoms with Crippen LogP contribution in [-0.4, -0.2) is 43.6 Å². The molecule has 1 aromatic rings. The average Bonchev–Trinajstić information content (AvgIpc) is 3.30. The maximum atomic E-state index is 13.4. The lowest BCUT2D eigenvalue weighted by molar-refractivity contribution is 0.179. The van der Waals surface area contributed by atoms with Crippen molar-refractivity contribution < 1.29 is 23.1 Å². The number of phenolic OH excluding ortho intramolecular Hbond substituents is 1. The van der Waals surface area contributed by atoms with Gasteiger partial charge in [0.1, 0.15) is 4.90 Å². The van der Waals surface area contributed by atoms with Gasteiger partial charge in [-0.15, -0.1) is 0 Å². The maximum Gasteiger partial charge on any atom is 0.319 e. The third-order valence-corrected chi connectivity index (χ3v) is 9.08. The molecule has 1 aliphatic carbocycles. The highest BCUT2D eigenvalue weighted by Crippen LogP contribution is 2.44. The number of sulfone groups is 1. The Morgan fingerprint density at radius 1 is 1.31 bits per heavy atom. The highest BCUT2D eigenvalue weighted by Gasteiger charge is 2.46. The summed E-state index contributed by atoms with van der Waals surface area (Å²) in [5.74, 6) is -0.779. The number of aromatic hydroxyl groups is 1. The summed E-state index contributed by atoms with van der Waals surface area (Å²) in [4.78, 5) is 12.0. The zero-order valence-corrected chi connectivity index (χ0v) is 18.4. The summed E-state index contributed by atoms with van der Waals surface area (Å²) in [5.41, 5.74) is 1.06. The van der Waals surface area contributed by atoms with E-state index in [4.69, 9.17) is 16.3 Å². The molecule has 7 nitrogen and oxygen atoms in total. The highest BCUT2D eigenvalue weighted by molar-refractivity contribution is 7.93. The summed E-state index contributed by atoms with van der Waals surface area (Å²) in [6.45, 7) is 6.00. The number of phenols is 1. The number of rotatable bonds is 5. The fourth-order valence-corrected chi connectivity index (χ4v) is 6.12. The van der Waals surface area contributed by atoms with Crippen LogP contribution in [0.3, 0.4) is 0 Å². The molecule has 0 radical (unpaired) electrons. The van der Waals surface area contributed by atoms with Gasteiger partial charge in [0, 0.05) is 12.5 Å². The number of allylic oxidation sites excluding steroid dienone is 1. The number of halogens is 1. The van der Waals surface area contributed by atoms with Crippen LogP contribution in [0.15, 0.2) is 28.7 Å². The maximum absolute atomic E-state index is 13.4. The second kappa shape index (κ2) is 8.16. The second-order valence-electron chi connectivity index (χ2n) is 8.12. The zero-order chi connectivity index (χ0) is 21.4. The zero-order valence-electron chi connectivity index (χ0n) is 16.8. The molecule has 0 bridgehead atoms. The summed E-state index contributed by atoms with van der Waals surface area (Å²) in [7, 11) is -4.02. The van der Waals surface area contributed by atoms with Crippen LogP contribution in [0.25, 0.3) is 0 Å². The van der Waals surface area contributed by atoms with Crippen molar-refractivity contribution in [1.82, 2.24) is 5.32 Å². The van der Waals surface area contributed by atoms with E-state index in [1.54, 1.807) is 13.8 Å². The number of anilines is 1. The second-order valence-corrected chi connectivity index (χ2v) is 11.0. The smallest absolute Gasteiger partial charge is 0.319 e. The molecule has 0 spiro atoms. The molecule has 0 aromatic heterocycles. The van der Waals surface area contributed by atoms with Crippen LogP contribution in [-0.2, 0) is 14.6 Å². The first-order valence-electron chi connectivity index (χ1n) is 9.63. The van der Waals surface area contributed by atoms with Gasteiger partial charge < -0.3 is 20.5 Å². The van der Waals surface area contributed by atoms with Crippen molar-refractivity contribution in [3.63, 3.8) is 0 Å². The van der Waals surface area contributed by atoms with E-state index in [1.165, 1.54) is 12.1 Å². The molecule has 160 valence electrons. The first-order valence-corrected chi connectivity index (χ1v) is 11.5. The highest BCUT2D eigenvalue weighted by atomic mass is 35.5. The Hall–Kier alpha value is -1.77. The number of hydrogen-bond acceptors (Lipinski definition) is 5. The topological polar surface area (TPSA) is 105 Å². The Kier molecular flexibility index (Phi) is 6.17. The molecule has 0 unspecified atom stereocenters. The van der Waals surface area contributed by atoms with E-state index in [-0.39, 0.29) is 27.6 Å². The molecule has 3 rings (SSSR count). The summed E-state index contributed by atoms with van der Waals surface area (Å²) in [6.07, 6.45) is 4.37. The fourth-order valence-electron chi connectivity index (χ4n) is 3.82. The van der Waals surface area contributed by atoms with Crippen molar-refractivity contribution in [1.29, 1.82) is 0 Å². The Morgan fingerprint density at radius 3 is 2.62 bits per heavy atom. The number of carbonyl (C=O) groups is 1. The lowest BCUT2D eigenvalue weighted by atomic mass is 9.94. The molecule has 0 saturated carbocycles. The number of amides is 2. The Morgan fingerprint density at radius 2 is 2.03 bits per heavy atom. The monoisotopic (exact) mass is 442 g/mol. The van der Waals surface area contributed by atoms with Crippen molar-refractivity contribution in [2.45, 2.75) is 55.7 Å². The van der Waals surface area contributed by atoms with Crippen LogP contribution in [0.4, 0.5) is 10.5 Å². The largest absolute Gasteiger partial charge is 0.504 e. The summed E-state index contributed by atoms with van der Waals surface area (Å²) < 4.78 is 31.0. The Bertz CT molecular complexity index is 936. The van der Waals surface area contributed by atoms with Crippen LogP contribution in [0, 0.1) is 5.92 Å². The van der Waals surface area contributed by atoms with E-state index in [0.29, 0.717) is 19.6 Å². The van der Waals surface area contributed by atoms with Gasteiger partial charge in [-0.05, 0) is 52.2 Å². The predicted molar refractivity (Wildman–Crippen MR) is 112 cm³/mol. The van der Waals surface area contributed by atoms with E-state index in [9.17, 15) is 18.3 Å². The Labute approximate surface area is 176 Å². The number of carbonyl (C=O) groups excluding carboxylic acids is 1. The van der Waals surface area contributed by atoms with Gasteiger partial charge in [0.25, 0.3) is 0 Å². The number of urea groups is 1. The van der Waals surface area contributed by atoms with Crippen LogP contribution in [0.2, 0.25) is 5.02 Å². The number of nitrogens with one attached hydrogen (secondary N) is 2. The minimum atomic E-state index is -4.02. The lowest BCUT2D eigenvalue weighted by Gasteiger charge is -2.31. The fraction of sp³-hybridized carbons (Fsp3) is 0.550. The van der Waals surface area contributed by atoms with E-state index in [1.807, 2.05) is 6.92 Å². The number of benzene rings is 1. The van der Waals surface area contributed by atoms with Crippen LogP contribution in [0.5, 0.6) is 5.75 Å². The summed E-state index contributed by atoms with van der Waals surface area (Å²) in [6, 6.07) is 2.16. The third-order valence-electron chi connectivity index (χ3n) is 5.98. The standard InChI is InChI=1S/C20H27ClN2O5S/c1-12-5-4-6-15(12)22-19(25)23-16-8-7-14(21)18(17(16)24)29(26,27)20(2,3)13-9-10-28-11-13/h5,7-8,13,15,24H,4,6,9-11H2,1-3H3,(H2,22,23,25)/t13-,15-/m1/s1. The first kappa shape index (κ1) is 21.9. The molecule has 1 aliphatic heterocycles. The van der Waals surface area contributed by atoms with E-state index < -0.39 is 26.4 Å². The molecular weight excluding hydrogens is 416 g/mol. The molecule has 2 atom stereocenters. The van der Waals surface area contributed by atoms with Crippen LogP contribution < -0.4 is 10.6 Å². The van der Waals surface area contributed by atoms with Gasteiger partial charge in [-0.2, -0.15) is 0 Å². The molecule has 2 amide bonds. The van der Waals surface area contributed by atoms with Gasteiger partial charge in [-0.3, -0.25) is 0 Å². The van der Waals surface area contributed by atoms with Gasteiger partial charge in [0.05, 0.1) is 28.1 Å². The van der Waals surface area contributed by atoms with Crippen molar-refractivity contribution in [3.8, 4) is 5.75 Å². The molecule has 1 heterocycles. The van der Waals surface area contributed by atoms with Crippen molar-refractivity contribution in [2.75, 3.05) is 18.5 Å². The van der Waals surface area contributed by atoms with Gasteiger partial charge in [-0.25, -0.2) is 13.2 Å². The molecule has 1 fully saturated rings. The van der Waals surface area contributed by atoms with E-state index in [0.717, 1.165) is 18.4 Å². The molecular formula is C20H27ClN2O5S. The first-order chi connectivity index (χ1) is 13.6. The molecule has 1 saturated heterocycles. The Balaban J connectivity index is 1.88. The number of hydrogen-bond donors (Lipinski definition) is 3. The molecule has 2 aliphatic rings. The molecule has 3 N–H and O–H groups in total. The van der Waals surface area contributed by atoms with Crippen LogP contribution in [0.1, 0.15) is 40.0 Å². The third kappa shape index (κ3) is 4.11. The van der Waals surface area contributed by atoms with Crippen molar-refractivity contribution in [2.24, 2.45) is 5.92 Å². The predicted octanol–water partition coefficient (Wildman–Crippen LogP) is 3.86. The molecule has 1 aromatic carbocycles. The van der Waals surface area contributed by atoms with Crippen molar-refractivity contribution >= 4 is 33.2 Å². The normalized spacial score (nSPS) is 22.4. The van der Waals surface area contributed by atoms with Gasteiger partial charge in [0.2, 0.25) is 0 Å². The molecule has 9 heteroatoms. The summed E-state index contributed by atoms with van der Waals surface area (Å²) >= 11 is 6.19. The minimum Gasteiger partial charge on any atom is -0.504 e. The quantitative estimate of drug-likeness (QED) is 0.474. The summed E-state index contributed by atoms with van der Waals surface area (Å²) in [5, 5.41) is 16.0. The molecule has 29 heavy (non-hydrogen) atoms. The van der Waals surface area contributed by atoms with Gasteiger partial charge in [0.15, 0.2) is 15.6 Å². The van der Waals surface area contributed by atoms with E-state index in [2.05, 4.69) is 16.7 Å².